The van der Waals surface area contributed by atoms with E-state index in [4.69, 9.17) is 9.79 Å². The first kappa shape index (κ1) is 19.2. The van der Waals surface area contributed by atoms with Gasteiger partial charge in [-0.15, -0.1) is 0 Å². The molecule has 1 aliphatic carbocycles. The van der Waals surface area contributed by atoms with Gasteiger partial charge in [-0.3, -0.25) is 0 Å². The van der Waals surface area contributed by atoms with Crippen LogP contribution in [0.15, 0.2) is 52.2 Å². The number of phenols is 1. The number of hydrogen-bond acceptors (Lipinski definition) is 6. The first-order valence-electron chi connectivity index (χ1n) is 7.19. The summed E-state index contributed by atoms with van der Waals surface area (Å²) in [7, 11) is -4.93. The van der Waals surface area contributed by atoms with E-state index in [0.29, 0.717) is 5.56 Å². The largest absolute Gasteiger partial charge is 0.512 e. The summed E-state index contributed by atoms with van der Waals surface area (Å²) in [5.41, 5.74) is -0.532. The number of benzene rings is 1. The summed E-state index contributed by atoms with van der Waals surface area (Å²) in [4.78, 5) is 18.0. The topological polar surface area (TPSA) is 171 Å². The minimum absolute atomic E-state index is 0.00434. The van der Waals surface area contributed by atoms with Gasteiger partial charge in [-0.05, 0) is 24.1 Å². The molecule has 136 valence electrons. The smallest absolute Gasteiger partial charge is 0.448 e. The van der Waals surface area contributed by atoms with Crippen LogP contribution >= 0.6 is 7.75 Å². The second-order valence-electron chi connectivity index (χ2n) is 5.62. The first-order chi connectivity index (χ1) is 11.5. The number of aliphatic hydroxyl groups excluding tert-OH is 2. The molecule has 0 spiro atoms. The molecule has 1 aliphatic rings. The highest BCUT2D eigenvalue weighted by Crippen LogP contribution is 2.40. The Morgan fingerprint density at radius 1 is 1.16 bits per heavy atom. The fourth-order valence-corrected chi connectivity index (χ4v) is 3.01. The van der Waals surface area contributed by atoms with Crippen LogP contribution in [-0.4, -0.2) is 46.8 Å². The molecule has 2 rings (SSSR count). The van der Waals surface area contributed by atoms with Crippen LogP contribution in [0, 0.1) is 0 Å². The monoisotopic (exact) mass is 371 g/mol. The molecule has 0 aromatic heterocycles. The predicted molar refractivity (Wildman–Crippen MR) is 88.1 cm³/mol. The highest BCUT2D eigenvalue weighted by Gasteiger charge is 2.38. The van der Waals surface area contributed by atoms with Gasteiger partial charge in [0.25, 0.3) is 0 Å². The Morgan fingerprint density at radius 3 is 2.44 bits per heavy atom. The van der Waals surface area contributed by atoms with Crippen molar-refractivity contribution in [2.24, 2.45) is 4.76 Å². The maximum atomic E-state index is 11.1. The van der Waals surface area contributed by atoms with E-state index in [0.717, 1.165) is 6.08 Å². The van der Waals surface area contributed by atoms with Gasteiger partial charge in [-0.1, -0.05) is 12.1 Å². The Hall–Kier alpha value is -2.16. The third-order valence-corrected chi connectivity index (χ3v) is 4.02. The van der Waals surface area contributed by atoms with Crippen LogP contribution in [0.3, 0.4) is 0 Å². The Kier molecular flexibility index (Phi) is 5.36. The Balaban J connectivity index is 2.34. The van der Waals surface area contributed by atoms with E-state index >= 15 is 0 Å². The predicted octanol–water partition coefficient (Wildman–Crippen LogP) is 1.20. The number of phenolic OH excluding ortho intramolecular Hbond substituents is 1. The van der Waals surface area contributed by atoms with E-state index in [1.165, 1.54) is 12.1 Å². The van der Waals surface area contributed by atoms with Crippen LogP contribution < -0.4 is 0 Å². The van der Waals surface area contributed by atoms with Gasteiger partial charge in [0.2, 0.25) is 0 Å². The molecule has 0 unspecified atom stereocenters. The molecule has 0 radical (unpaired) electrons. The molecule has 7 N–H and O–H groups in total. The minimum atomic E-state index is -4.93. The summed E-state index contributed by atoms with van der Waals surface area (Å²) in [5, 5.41) is 49.5. The normalized spacial score (nSPS) is 17.8. The second-order valence-corrected chi connectivity index (χ2v) is 6.85. The number of nitrogens with zero attached hydrogens (tertiary/aromatic N) is 1. The number of rotatable bonds is 5. The van der Waals surface area contributed by atoms with Gasteiger partial charge in [0, 0.05) is 18.9 Å². The van der Waals surface area contributed by atoms with Crippen molar-refractivity contribution >= 4 is 13.5 Å². The maximum Gasteiger partial charge on any atom is 0.448 e. The van der Waals surface area contributed by atoms with Crippen LogP contribution in [0.5, 0.6) is 5.75 Å². The zero-order valence-corrected chi connectivity index (χ0v) is 13.8. The molecule has 0 fully saturated rings. The molecule has 25 heavy (non-hydrogen) atoms. The summed E-state index contributed by atoms with van der Waals surface area (Å²) >= 11 is 0. The van der Waals surface area contributed by atoms with Crippen LogP contribution in [0.25, 0.3) is 0 Å². The standard InChI is InChI=1S/C15H18NO8P/c17-10-3-1-2-9(6-10)4-5-15(20,21)14-12(16-25(22,23)24)7-11(18)8-13(14)19/h1-3,6,8,17-21H,4-5,7H2,(H2,22,23,24). The molecule has 0 amide bonds. The van der Waals surface area contributed by atoms with Gasteiger partial charge >= 0.3 is 7.75 Å². The highest BCUT2D eigenvalue weighted by atomic mass is 31.2. The molecule has 0 saturated carbocycles. The van der Waals surface area contributed by atoms with Crippen LogP contribution in [-0.2, 0) is 11.0 Å². The van der Waals surface area contributed by atoms with E-state index in [2.05, 4.69) is 4.76 Å². The van der Waals surface area contributed by atoms with Crippen molar-refractivity contribution in [3.63, 3.8) is 0 Å². The lowest BCUT2D eigenvalue weighted by atomic mass is 9.89. The average Bonchev–Trinajstić information content (AvgIpc) is 2.42. The van der Waals surface area contributed by atoms with E-state index in [-0.39, 0.29) is 18.6 Å². The number of hydrogen-bond donors (Lipinski definition) is 7. The molecule has 0 heterocycles. The van der Waals surface area contributed by atoms with Gasteiger partial charge < -0.3 is 35.3 Å². The highest BCUT2D eigenvalue weighted by molar-refractivity contribution is 7.50. The molecule has 9 nitrogen and oxygen atoms in total. The van der Waals surface area contributed by atoms with Crippen LogP contribution in [0.1, 0.15) is 18.4 Å². The number of aryl methyl sites for hydroxylation is 1. The van der Waals surface area contributed by atoms with Crippen LogP contribution in [0.2, 0.25) is 0 Å². The summed E-state index contributed by atoms with van der Waals surface area (Å²) in [6.07, 6.45) is 0.102. The number of aromatic hydroxyl groups is 1. The average molecular weight is 371 g/mol. The van der Waals surface area contributed by atoms with Crippen molar-refractivity contribution in [2.75, 3.05) is 0 Å². The van der Waals surface area contributed by atoms with Gasteiger partial charge in [0.1, 0.15) is 17.3 Å². The molecule has 0 saturated heterocycles. The number of aliphatic hydroxyl groups is 4. The second kappa shape index (κ2) is 6.99. The van der Waals surface area contributed by atoms with Crippen molar-refractivity contribution in [2.45, 2.75) is 25.0 Å². The van der Waals surface area contributed by atoms with Gasteiger partial charge in [0.15, 0.2) is 5.79 Å². The summed E-state index contributed by atoms with van der Waals surface area (Å²) in [6, 6.07) is 6.07. The molecule has 10 heteroatoms. The van der Waals surface area contributed by atoms with E-state index in [1.807, 2.05) is 0 Å². The molecule has 1 aromatic rings. The quantitative estimate of drug-likeness (QED) is 0.299. The zero-order chi connectivity index (χ0) is 18.8. The lowest BCUT2D eigenvalue weighted by molar-refractivity contribution is -0.129. The van der Waals surface area contributed by atoms with Gasteiger partial charge in [0.05, 0.1) is 11.3 Å². The molecule has 0 bridgehead atoms. The summed E-state index contributed by atoms with van der Waals surface area (Å²) in [5.74, 6) is -3.86. The molecular formula is C15H18NO8P. The zero-order valence-electron chi connectivity index (χ0n) is 12.9. The van der Waals surface area contributed by atoms with E-state index < -0.39 is 42.8 Å². The minimum Gasteiger partial charge on any atom is -0.512 e. The van der Waals surface area contributed by atoms with Crippen molar-refractivity contribution in [3.8, 4) is 5.75 Å². The maximum absolute atomic E-state index is 11.1. The SMILES string of the molecule is O=P(O)(O)N=C1CC(O)=CC(O)=C1C(O)(O)CCc1cccc(O)c1. The summed E-state index contributed by atoms with van der Waals surface area (Å²) in [6.45, 7) is 0. The van der Waals surface area contributed by atoms with Gasteiger partial charge in [-0.25, -0.2) is 4.57 Å². The van der Waals surface area contributed by atoms with Crippen molar-refractivity contribution in [1.29, 1.82) is 0 Å². The van der Waals surface area contributed by atoms with Gasteiger partial charge in [-0.2, -0.15) is 4.76 Å². The fourth-order valence-electron chi connectivity index (χ4n) is 2.52. The molecule has 1 aromatic carbocycles. The molecule has 0 aliphatic heterocycles. The van der Waals surface area contributed by atoms with E-state index in [1.54, 1.807) is 12.1 Å². The first-order valence-corrected chi connectivity index (χ1v) is 8.75. The summed E-state index contributed by atoms with van der Waals surface area (Å²) < 4.78 is 14.2. The third kappa shape index (κ3) is 5.15. The molecular weight excluding hydrogens is 353 g/mol. The Labute approximate surface area is 142 Å². The van der Waals surface area contributed by atoms with Crippen molar-refractivity contribution in [3.05, 3.63) is 53.0 Å². The number of allylic oxidation sites excluding steroid dienone is 2. The third-order valence-electron chi connectivity index (χ3n) is 3.52. The molecule has 0 atom stereocenters. The van der Waals surface area contributed by atoms with Crippen molar-refractivity contribution < 1.29 is 39.9 Å². The Bertz CT molecular complexity index is 806. The fraction of sp³-hybridized carbons (Fsp3) is 0.267. The van der Waals surface area contributed by atoms with Crippen LogP contribution in [0.4, 0.5) is 0 Å². The lowest BCUT2D eigenvalue weighted by Gasteiger charge is -2.28. The van der Waals surface area contributed by atoms with E-state index in [9.17, 15) is 30.1 Å². The van der Waals surface area contributed by atoms with Crippen molar-refractivity contribution in [1.82, 2.24) is 0 Å². The lowest BCUT2D eigenvalue weighted by Crippen LogP contribution is -2.37. The Morgan fingerprint density at radius 2 is 1.84 bits per heavy atom.